The quantitative estimate of drug-likeness (QED) is 0.477. The third-order valence-electron chi connectivity index (χ3n) is 8.78. The Labute approximate surface area is 209 Å². The van der Waals surface area contributed by atoms with Crippen LogP contribution in [0.5, 0.6) is 6.01 Å². The van der Waals surface area contributed by atoms with E-state index in [1.807, 2.05) is 12.1 Å². The van der Waals surface area contributed by atoms with Crippen LogP contribution < -0.4 is 9.64 Å². The van der Waals surface area contributed by atoms with E-state index in [0.29, 0.717) is 24.6 Å². The topological polar surface area (TPSA) is 121 Å². The lowest BCUT2D eigenvalue weighted by molar-refractivity contribution is -0.103. The van der Waals surface area contributed by atoms with Gasteiger partial charge in [-0.1, -0.05) is 0 Å². The van der Waals surface area contributed by atoms with Gasteiger partial charge in [-0.05, 0) is 62.0 Å². The molecule has 1 saturated heterocycles. The van der Waals surface area contributed by atoms with Crippen LogP contribution in [-0.4, -0.2) is 50.6 Å². The molecule has 9 nitrogen and oxygen atoms in total. The number of aromatic amines is 1. The number of piperidine rings is 1. The van der Waals surface area contributed by atoms with Gasteiger partial charge in [0.15, 0.2) is 11.4 Å². The average molecular weight is 484 g/mol. The molecule has 1 N–H and O–H groups in total. The standard InChI is InChI=1S/C27H29N7O2/c28-14-18-8-19(18)15-36-26-30-21(22(35)13-27-10-16(11-27)12-27)9-23(31-26)34-6-3-17(4-7-34)24-20-2-1-5-29-25(20)33-32-24/h1-2,5,9,16-19H,3-4,6-8,10-13,15H2,(H,29,32,33)/t16?,18-,19+,27?/m0/s1. The van der Waals surface area contributed by atoms with Crippen molar-refractivity contribution in [2.24, 2.45) is 23.2 Å². The SMILES string of the molecule is N#C[C@@H]1C[C@@H]1COc1nc(C(=O)CC23CC(C2)C3)cc(N2CCC(c3[nH]nc4ncccc34)CC2)n1. The van der Waals surface area contributed by atoms with Gasteiger partial charge in [-0.25, -0.2) is 4.98 Å². The maximum Gasteiger partial charge on any atom is 0.319 e. The lowest BCUT2D eigenvalue weighted by Gasteiger charge is -2.61. The van der Waals surface area contributed by atoms with Crippen LogP contribution >= 0.6 is 0 Å². The Balaban J connectivity index is 1.09. The van der Waals surface area contributed by atoms with E-state index in [0.717, 1.165) is 60.8 Å². The summed E-state index contributed by atoms with van der Waals surface area (Å²) in [5.41, 5.74) is 2.59. The van der Waals surface area contributed by atoms with Gasteiger partial charge >= 0.3 is 6.01 Å². The minimum absolute atomic E-state index is 0.0614. The number of anilines is 1. The number of carbonyl (C=O) groups is 1. The molecule has 5 aliphatic rings. The fraction of sp³-hybridized carbons (Fsp3) is 0.556. The van der Waals surface area contributed by atoms with Crippen LogP contribution in [0.2, 0.25) is 0 Å². The molecule has 1 aliphatic heterocycles. The number of nitriles is 1. The monoisotopic (exact) mass is 483 g/mol. The van der Waals surface area contributed by atoms with E-state index in [1.54, 1.807) is 6.20 Å². The number of ketones is 1. The van der Waals surface area contributed by atoms with Crippen molar-refractivity contribution >= 4 is 22.6 Å². The van der Waals surface area contributed by atoms with Crippen LogP contribution in [0, 0.1) is 34.5 Å². The number of hydrogen-bond acceptors (Lipinski definition) is 8. The summed E-state index contributed by atoms with van der Waals surface area (Å²) in [7, 11) is 0. The van der Waals surface area contributed by atoms with Gasteiger partial charge in [-0.15, -0.1) is 0 Å². The zero-order valence-corrected chi connectivity index (χ0v) is 20.2. The van der Waals surface area contributed by atoms with Crippen LogP contribution in [0.1, 0.15) is 67.0 Å². The van der Waals surface area contributed by atoms with Gasteiger partial charge in [-0.3, -0.25) is 9.89 Å². The van der Waals surface area contributed by atoms with Gasteiger partial charge < -0.3 is 9.64 Å². The number of nitrogens with one attached hydrogen (secondary N) is 1. The molecule has 0 radical (unpaired) electrons. The molecule has 0 aromatic carbocycles. The van der Waals surface area contributed by atoms with Crippen molar-refractivity contribution in [1.29, 1.82) is 5.26 Å². The van der Waals surface area contributed by atoms with Crippen LogP contribution in [0.15, 0.2) is 24.4 Å². The molecule has 9 heteroatoms. The van der Waals surface area contributed by atoms with E-state index >= 15 is 0 Å². The summed E-state index contributed by atoms with van der Waals surface area (Å²) in [6, 6.07) is 8.42. The van der Waals surface area contributed by atoms with Gasteiger partial charge in [0.25, 0.3) is 0 Å². The minimum Gasteiger partial charge on any atom is -0.463 e. The molecule has 3 aromatic rings. The van der Waals surface area contributed by atoms with E-state index in [-0.39, 0.29) is 29.0 Å². The number of nitrogens with zero attached hydrogens (tertiary/aromatic N) is 6. The number of carbonyl (C=O) groups excluding carboxylic acids is 1. The molecule has 2 atom stereocenters. The van der Waals surface area contributed by atoms with E-state index in [9.17, 15) is 4.79 Å². The summed E-state index contributed by atoms with van der Waals surface area (Å²) in [6.07, 6.45) is 8.64. The van der Waals surface area contributed by atoms with Crippen molar-refractivity contribution in [3.63, 3.8) is 0 Å². The van der Waals surface area contributed by atoms with Crippen LogP contribution in [0.3, 0.4) is 0 Å². The van der Waals surface area contributed by atoms with E-state index in [2.05, 4.69) is 37.2 Å². The average Bonchev–Trinajstić information content (AvgIpc) is 3.51. The highest BCUT2D eigenvalue weighted by Gasteiger charge is 2.57. The summed E-state index contributed by atoms with van der Waals surface area (Å²) < 4.78 is 5.92. The number of H-pyrrole nitrogens is 1. The molecule has 184 valence electrons. The lowest BCUT2D eigenvalue weighted by Crippen LogP contribution is -2.52. The molecule has 3 aromatic heterocycles. The van der Waals surface area contributed by atoms with E-state index < -0.39 is 0 Å². The van der Waals surface area contributed by atoms with Crippen LogP contribution in [0.25, 0.3) is 11.0 Å². The molecule has 2 bridgehead atoms. The van der Waals surface area contributed by atoms with Crippen LogP contribution in [-0.2, 0) is 0 Å². The second-order valence-electron chi connectivity index (χ2n) is 11.3. The van der Waals surface area contributed by atoms with E-state index in [1.165, 1.54) is 19.3 Å². The number of aromatic nitrogens is 5. The molecular weight excluding hydrogens is 454 g/mol. The lowest BCUT2D eigenvalue weighted by atomic mass is 9.43. The Bertz CT molecular complexity index is 1350. The fourth-order valence-electron chi connectivity index (χ4n) is 6.44. The Morgan fingerprint density at radius 2 is 2.08 bits per heavy atom. The van der Waals surface area contributed by atoms with Crippen molar-refractivity contribution in [3.8, 4) is 12.1 Å². The molecule has 4 saturated carbocycles. The summed E-state index contributed by atoms with van der Waals surface area (Å²) in [5.74, 6) is 2.35. The normalized spacial score (nSPS) is 28.8. The maximum absolute atomic E-state index is 13.2. The zero-order valence-electron chi connectivity index (χ0n) is 20.2. The van der Waals surface area contributed by atoms with E-state index in [4.69, 9.17) is 15.0 Å². The summed E-state index contributed by atoms with van der Waals surface area (Å²) in [4.78, 5) is 29.0. The Hall–Kier alpha value is -3.54. The minimum atomic E-state index is 0.0614. The summed E-state index contributed by atoms with van der Waals surface area (Å²) in [5, 5.41) is 17.8. The second-order valence-corrected chi connectivity index (χ2v) is 11.3. The molecule has 0 unspecified atom stereocenters. The number of ether oxygens (including phenoxy) is 1. The number of hydrogen-bond donors (Lipinski definition) is 1. The summed E-state index contributed by atoms with van der Waals surface area (Å²) >= 11 is 0. The van der Waals surface area contributed by atoms with Crippen molar-refractivity contribution < 1.29 is 9.53 Å². The third-order valence-corrected chi connectivity index (χ3v) is 8.78. The molecule has 4 heterocycles. The summed E-state index contributed by atoms with van der Waals surface area (Å²) in [6.45, 7) is 2.06. The van der Waals surface area contributed by atoms with Crippen LogP contribution in [0.4, 0.5) is 5.82 Å². The van der Waals surface area contributed by atoms with Gasteiger partial charge in [0, 0.05) is 54.7 Å². The first-order chi connectivity index (χ1) is 17.6. The number of Topliss-reactive ketones (excluding diaryl/α,β-unsaturated/α-hetero) is 1. The second kappa shape index (κ2) is 8.26. The molecule has 4 aliphatic carbocycles. The maximum atomic E-state index is 13.2. The van der Waals surface area contributed by atoms with Gasteiger partial charge in [0.1, 0.15) is 11.5 Å². The molecule has 0 spiro atoms. The Morgan fingerprint density at radius 1 is 1.25 bits per heavy atom. The first-order valence-electron chi connectivity index (χ1n) is 13.1. The first kappa shape index (κ1) is 21.7. The predicted molar refractivity (Wildman–Crippen MR) is 132 cm³/mol. The third kappa shape index (κ3) is 3.80. The molecular formula is C27H29N7O2. The Morgan fingerprint density at radius 3 is 2.81 bits per heavy atom. The molecule has 5 fully saturated rings. The largest absolute Gasteiger partial charge is 0.463 e. The van der Waals surface area contributed by atoms with Crippen molar-refractivity contribution in [2.75, 3.05) is 24.6 Å². The molecule has 36 heavy (non-hydrogen) atoms. The van der Waals surface area contributed by atoms with Crippen molar-refractivity contribution in [3.05, 3.63) is 35.8 Å². The highest BCUT2D eigenvalue weighted by molar-refractivity contribution is 5.95. The van der Waals surface area contributed by atoms with Gasteiger partial charge in [0.2, 0.25) is 0 Å². The highest BCUT2D eigenvalue weighted by atomic mass is 16.5. The zero-order chi connectivity index (χ0) is 24.3. The number of fused-ring (bicyclic) bond motifs is 1. The van der Waals surface area contributed by atoms with Gasteiger partial charge in [0.05, 0.1) is 18.6 Å². The predicted octanol–water partition coefficient (Wildman–Crippen LogP) is 4.04. The molecule has 0 amide bonds. The molecule has 8 rings (SSSR count). The number of pyridine rings is 1. The Kier molecular flexibility index (Phi) is 4.98. The van der Waals surface area contributed by atoms with Crippen molar-refractivity contribution in [1.82, 2.24) is 25.1 Å². The van der Waals surface area contributed by atoms with Gasteiger partial charge in [-0.2, -0.15) is 20.3 Å². The number of rotatable bonds is 8. The first-order valence-corrected chi connectivity index (χ1v) is 13.1. The van der Waals surface area contributed by atoms with Crippen molar-refractivity contribution in [2.45, 2.75) is 50.9 Å². The fourth-order valence-corrected chi connectivity index (χ4v) is 6.44. The highest BCUT2D eigenvalue weighted by Crippen LogP contribution is 2.66. The smallest absolute Gasteiger partial charge is 0.319 e.